The predicted octanol–water partition coefficient (Wildman–Crippen LogP) is 12.7. The van der Waals surface area contributed by atoms with Gasteiger partial charge in [-0.3, -0.25) is 23.7 Å². The average molecular weight is 730 g/mol. The summed E-state index contributed by atoms with van der Waals surface area (Å²) in [5.41, 5.74) is 3.44. The Labute approximate surface area is 322 Å². The highest BCUT2D eigenvalue weighted by Gasteiger charge is 2.38. The molecule has 6 heteroatoms. The van der Waals surface area contributed by atoms with Crippen LogP contribution < -0.4 is 5.56 Å². The number of imidazole rings is 1. The van der Waals surface area contributed by atoms with Gasteiger partial charge in [0, 0.05) is 38.7 Å². The third-order valence-electron chi connectivity index (χ3n) is 12.7. The summed E-state index contributed by atoms with van der Waals surface area (Å²) in [7, 11) is 0. The van der Waals surface area contributed by atoms with E-state index in [0.29, 0.717) is 22.2 Å². The first-order valence-electron chi connectivity index (χ1n) is 21.1. The van der Waals surface area contributed by atoms with Crippen LogP contribution in [0.25, 0.3) is 70.5 Å². The summed E-state index contributed by atoms with van der Waals surface area (Å²) in [5, 5.41) is 9.29. The smallest absolute Gasteiger partial charge is 0.264 e. The van der Waals surface area contributed by atoms with E-state index in [1.807, 2.05) is 42.5 Å². The Morgan fingerprint density at radius 3 is 1.53 bits per heavy atom. The molecule has 0 radical (unpaired) electrons. The van der Waals surface area contributed by atoms with Gasteiger partial charge in [0.1, 0.15) is 5.65 Å². The molecular weight excluding hydrogens is 679 g/mol. The fourth-order valence-electron chi connectivity index (χ4n) is 9.90. The fourth-order valence-corrected chi connectivity index (χ4v) is 9.90. The van der Waals surface area contributed by atoms with E-state index in [2.05, 4.69) is 44.2 Å². The summed E-state index contributed by atoms with van der Waals surface area (Å²) in [6.07, 6.45) is 18.7. The van der Waals surface area contributed by atoms with Crippen molar-refractivity contribution in [3.8, 4) is 0 Å². The van der Waals surface area contributed by atoms with Crippen molar-refractivity contribution in [2.45, 2.75) is 123 Å². The van der Waals surface area contributed by atoms with Crippen molar-refractivity contribution in [1.29, 1.82) is 0 Å². The quantitative estimate of drug-likeness (QED) is 0.0405. The molecule has 0 saturated heterocycles. The zero-order chi connectivity index (χ0) is 37.6. The van der Waals surface area contributed by atoms with Crippen LogP contribution in [0.15, 0.2) is 77.6 Å². The first kappa shape index (κ1) is 35.6. The van der Waals surface area contributed by atoms with Crippen LogP contribution in [0.1, 0.15) is 137 Å². The molecule has 0 spiro atoms. The number of aromatic nitrogens is 2. The standard InChI is InChI=1S/C49H51N3O3/c1-3-5-7-9-11-13-15-19-31(20-16-14-12-10-8-6-4-2)51-47(53)38-29-25-34-32-23-27-36-44-37(49(55)52-41-22-18-17-21-40(41)50-46(36)52)28-24-33(42(32)44)35-26-30-39(48(51)54)45(38)43(34)35/h17-18,21-31H,3-16,19-20H2,1-2H3. The number of benzene rings is 6. The Morgan fingerprint density at radius 2 is 0.945 bits per heavy atom. The van der Waals surface area contributed by atoms with Crippen molar-refractivity contribution in [3.63, 3.8) is 0 Å². The highest BCUT2D eigenvalue weighted by molar-refractivity contribution is 6.41. The second kappa shape index (κ2) is 14.9. The molecule has 0 atom stereocenters. The second-order valence-electron chi connectivity index (χ2n) is 16.2. The van der Waals surface area contributed by atoms with Crippen LogP contribution in [0.5, 0.6) is 0 Å². The fraction of sp³-hybridized carbons (Fsp3) is 0.388. The minimum atomic E-state index is -0.155. The SMILES string of the molecule is CCCCCCCCCC(CCCCCCCCC)N1C(=O)c2ccc3c4ccc5c(=O)n6c7ccccc7nc6c6ccc(c7ccc(c2c37)C1=O)c4c56. The molecule has 6 nitrogen and oxygen atoms in total. The molecule has 0 saturated carbocycles. The van der Waals surface area contributed by atoms with Crippen LogP contribution in [0.2, 0.25) is 0 Å². The third-order valence-corrected chi connectivity index (χ3v) is 12.7. The van der Waals surface area contributed by atoms with Crippen molar-refractivity contribution in [3.05, 3.63) is 94.3 Å². The average Bonchev–Trinajstić information content (AvgIpc) is 3.60. The van der Waals surface area contributed by atoms with Crippen molar-refractivity contribution in [1.82, 2.24) is 14.3 Å². The molecule has 0 fully saturated rings. The number of hydrogen-bond donors (Lipinski definition) is 0. The van der Waals surface area contributed by atoms with Crippen LogP contribution >= 0.6 is 0 Å². The molecule has 0 bridgehead atoms. The summed E-state index contributed by atoms with van der Waals surface area (Å²) < 4.78 is 1.74. The number of pyridine rings is 1. The molecule has 1 aliphatic heterocycles. The summed E-state index contributed by atoms with van der Waals surface area (Å²) in [4.78, 5) is 50.0. The summed E-state index contributed by atoms with van der Waals surface area (Å²) >= 11 is 0. The van der Waals surface area contributed by atoms with E-state index in [-0.39, 0.29) is 23.4 Å². The molecule has 6 aromatic carbocycles. The normalized spacial score (nSPS) is 13.6. The Kier molecular flexibility index (Phi) is 9.61. The molecule has 55 heavy (non-hydrogen) atoms. The number of unbranched alkanes of at least 4 members (excludes halogenated alkanes) is 12. The Morgan fingerprint density at radius 1 is 0.491 bits per heavy atom. The number of imide groups is 1. The molecule has 8 aromatic rings. The van der Waals surface area contributed by atoms with Gasteiger partial charge < -0.3 is 0 Å². The molecule has 280 valence electrons. The molecule has 1 aliphatic rings. The number of amides is 2. The van der Waals surface area contributed by atoms with E-state index in [4.69, 9.17) is 4.98 Å². The maximum atomic E-state index is 14.7. The van der Waals surface area contributed by atoms with Crippen molar-refractivity contribution in [2.24, 2.45) is 0 Å². The lowest BCUT2D eigenvalue weighted by Gasteiger charge is -2.35. The topological polar surface area (TPSA) is 71.8 Å². The summed E-state index contributed by atoms with van der Waals surface area (Å²) in [6.45, 7) is 4.50. The Hall–Kier alpha value is -5.10. The highest BCUT2D eigenvalue weighted by Crippen LogP contribution is 2.46. The molecule has 0 aliphatic carbocycles. The Balaban J connectivity index is 1.11. The number of fused-ring (bicyclic) bond motifs is 6. The largest absolute Gasteiger partial charge is 0.271 e. The van der Waals surface area contributed by atoms with Crippen LogP contribution in [0.4, 0.5) is 0 Å². The van der Waals surface area contributed by atoms with Gasteiger partial charge in [0.15, 0.2) is 0 Å². The van der Waals surface area contributed by atoms with E-state index >= 15 is 0 Å². The highest BCUT2D eigenvalue weighted by atomic mass is 16.2. The molecule has 3 heterocycles. The van der Waals surface area contributed by atoms with Crippen LogP contribution in [0.3, 0.4) is 0 Å². The maximum absolute atomic E-state index is 14.7. The number of rotatable bonds is 17. The second-order valence-corrected chi connectivity index (χ2v) is 16.2. The lowest BCUT2D eigenvalue weighted by molar-refractivity contribution is 0.0517. The number of nitrogens with zero attached hydrogens (tertiary/aromatic N) is 3. The molecular formula is C49H51N3O3. The van der Waals surface area contributed by atoms with Gasteiger partial charge in [-0.05, 0) is 81.6 Å². The van der Waals surface area contributed by atoms with Gasteiger partial charge in [0.25, 0.3) is 17.4 Å². The van der Waals surface area contributed by atoms with Gasteiger partial charge in [-0.1, -0.05) is 140 Å². The number of hydrogen-bond acceptors (Lipinski definition) is 4. The number of carbonyl (C=O) groups excluding carboxylic acids is 2. The van der Waals surface area contributed by atoms with E-state index in [9.17, 15) is 14.4 Å². The van der Waals surface area contributed by atoms with Gasteiger partial charge in [-0.25, -0.2) is 4.98 Å². The molecule has 0 unspecified atom stereocenters. The summed E-state index contributed by atoms with van der Waals surface area (Å²) in [5.74, 6) is -0.310. The first-order valence-corrected chi connectivity index (χ1v) is 21.1. The van der Waals surface area contributed by atoms with Crippen molar-refractivity contribution in [2.75, 3.05) is 0 Å². The minimum absolute atomic E-state index is 0.0743. The first-order chi connectivity index (χ1) is 27.0. The number of carbonyl (C=O) groups is 2. The van der Waals surface area contributed by atoms with Gasteiger partial charge in [-0.15, -0.1) is 0 Å². The monoisotopic (exact) mass is 729 g/mol. The van der Waals surface area contributed by atoms with Crippen molar-refractivity contribution >= 4 is 82.4 Å². The predicted molar refractivity (Wildman–Crippen MR) is 228 cm³/mol. The molecule has 2 aromatic heterocycles. The Bertz CT molecular complexity index is 2690. The minimum Gasteiger partial charge on any atom is -0.271 e. The lowest BCUT2D eigenvalue weighted by atomic mass is 9.83. The van der Waals surface area contributed by atoms with Crippen LogP contribution in [-0.4, -0.2) is 32.1 Å². The molecule has 9 rings (SSSR count). The van der Waals surface area contributed by atoms with E-state index in [0.717, 1.165) is 98.0 Å². The van der Waals surface area contributed by atoms with Gasteiger partial charge >= 0.3 is 0 Å². The number of para-hydroxylation sites is 2. The zero-order valence-electron chi connectivity index (χ0n) is 32.4. The zero-order valence-corrected chi connectivity index (χ0v) is 32.4. The van der Waals surface area contributed by atoms with Gasteiger partial charge in [-0.2, -0.15) is 0 Å². The van der Waals surface area contributed by atoms with Crippen molar-refractivity contribution < 1.29 is 9.59 Å². The maximum Gasteiger partial charge on any atom is 0.264 e. The van der Waals surface area contributed by atoms with Gasteiger partial charge in [0.2, 0.25) is 0 Å². The van der Waals surface area contributed by atoms with Gasteiger partial charge in [0.05, 0.1) is 11.0 Å². The lowest BCUT2D eigenvalue weighted by Crippen LogP contribution is -2.47. The van der Waals surface area contributed by atoms with E-state index in [1.165, 1.54) is 64.2 Å². The third kappa shape index (κ3) is 5.82. The van der Waals surface area contributed by atoms with Crippen LogP contribution in [-0.2, 0) is 0 Å². The van der Waals surface area contributed by atoms with E-state index in [1.54, 1.807) is 9.30 Å². The molecule has 2 amide bonds. The molecule has 0 N–H and O–H groups in total. The van der Waals surface area contributed by atoms with E-state index < -0.39 is 0 Å². The van der Waals surface area contributed by atoms with Crippen LogP contribution in [0, 0.1) is 0 Å². The summed E-state index contributed by atoms with van der Waals surface area (Å²) in [6, 6.07) is 24.0.